The van der Waals surface area contributed by atoms with E-state index >= 15 is 0 Å². The molecule has 1 aliphatic heterocycles. The number of nitrogens with zero attached hydrogens (tertiary/aromatic N) is 1. The van der Waals surface area contributed by atoms with Crippen molar-refractivity contribution in [2.45, 2.75) is 32.3 Å². The van der Waals surface area contributed by atoms with E-state index in [0.717, 1.165) is 32.4 Å². The molecule has 0 bridgehead atoms. The van der Waals surface area contributed by atoms with Crippen LogP contribution in [-0.4, -0.2) is 32.9 Å². The van der Waals surface area contributed by atoms with E-state index in [0.29, 0.717) is 23.7 Å². The lowest BCUT2D eigenvalue weighted by molar-refractivity contribution is 0.0439. The molecule has 2 N–H and O–H groups in total. The van der Waals surface area contributed by atoms with E-state index in [1.165, 1.54) is 13.2 Å². The molecule has 1 saturated heterocycles. The number of nitrogens with two attached hydrogens (primary N) is 1. The maximum atomic E-state index is 14.1. The van der Waals surface area contributed by atoms with Gasteiger partial charge in [0.2, 0.25) is 0 Å². The van der Waals surface area contributed by atoms with Crippen molar-refractivity contribution in [2.75, 3.05) is 37.4 Å². The molecule has 0 spiro atoms. The van der Waals surface area contributed by atoms with Gasteiger partial charge in [-0.2, -0.15) is 0 Å². The fourth-order valence-electron chi connectivity index (χ4n) is 2.55. The second-order valence-corrected chi connectivity index (χ2v) is 5.13. The van der Waals surface area contributed by atoms with Crippen LogP contribution < -0.4 is 15.4 Å². The van der Waals surface area contributed by atoms with E-state index in [-0.39, 0.29) is 11.9 Å². The van der Waals surface area contributed by atoms with Crippen LogP contribution >= 0.6 is 0 Å². The molecule has 1 aliphatic rings. The zero-order chi connectivity index (χ0) is 14.5. The number of piperidine rings is 1. The molecule has 1 unspecified atom stereocenters. The topological polar surface area (TPSA) is 47.7 Å². The average Bonchev–Trinajstić information content (AvgIpc) is 2.45. The van der Waals surface area contributed by atoms with Gasteiger partial charge < -0.3 is 20.1 Å². The molecule has 0 aliphatic carbocycles. The first kappa shape index (κ1) is 14.9. The quantitative estimate of drug-likeness (QED) is 0.844. The van der Waals surface area contributed by atoms with E-state index in [9.17, 15) is 4.39 Å². The third-order valence-electron chi connectivity index (χ3n) is 3.58. The summed E-state index contributed by atoms with van der Waals surface area (Å²) < 4.78 is 25.1. The second kappa shape index (κ2) is 6.79. The number of benzene rings is 1. The van der Waals surface area contributed by atoms with Crippen LogP contribution in [0.1, 0.15) is 26.2 Å². The van der Waals surface area contributed by atoms with Gasteiger partial charge in [0.25, 0.3) is 0 Å². The van der Waals surface area contributed by atoms with Crippen LogP contribution in [0.5, 0.6) is 5.75 Å². The van der Waals surface area contributed by atoms with Crippen molar-refractivity contribution in [1.82, 2.24) is 0 Å². The van der Waals surface area contributed by atoms with Crippen LogP contribution in [0.25, 0.3) is 0 Å². The Bertz CT molecular complexity index is 454. The van der Waals surface area contributed by atoms with Gasteiger partial charge in [0.1, 0.15) is 11.6 Å². The van der Waals surface area contributed by atoms with Crippen molar-refractivity contribution >= 4 is 11.4 Å². The highest BCUT2D eigenvalue weighted by molar-refractivity contribution is 5.63. The van der Waals surface area contributed by atoms with Crippen molar-refractivity contribution in [1.29, 1.82) is 0 Å². The minimum absolute atomic E-state index is 0.173. The van der Waals surface area contributed by atoms with Gasteiger partial charge in [-0.05, 0) is 19.3 Å². The fourth-order valence-corrected chi connectivity index (χ4v) is 2.55. The third-order valence-corrected chi connectivity index (χ3v) is 3.58. The Hall–Kier alpha value is -1.49. The molecule has 0 radical (unpaired) electrons. The lowest BCUT2D eigenvalue weighted by atomic mass is 10.1. The summed E-state index contributed by atoms with van der Waals surface area (Å²) in [6, 6.07) is 3.00. The molecule has 1 fully saturated rings. The Morgan fingerprint density at radius 2 is 2.25 bits per heavy atom. The molecule has 112 valence electrons. The van der Waals surface area contributed by atoms with Gasteiger partial charge in [0.05, 0.1) is 24.6 Å². The highest BCUT2D eigenvalue weighted by Crippen LogP contribution is 2.32. The zero-order valence-corrected chi connectivity index (χ0v) is 12.2. The van der Waals surface area contributed by atoms with E-state index in [4.69, 9.17) is 15.2 Å². The Morgan fingerprint density at radius 1 is 1.45 bits per heavy atom. The van der Waals surface area contributed by atoms with Gasteiger partial charge in [0, 0.05) is 31.8 Å². The molecular weight excluding hydrogens is 259 g/mol. The standard InChI is InChI=1S/C15H23FN2O2/c1-3-7-20-11-5-4-6-18(10-11)14-9-15(19-2)13(17)8-12(14)16/h8-9,11H,3-7,10,17H2,1-2H3. The summed E-state index contributed by atoms with van der Waals surface area (Å²) in [7, 11) is 1.54. The molecule has 0 saturated carbocycles. The number of halogens is 1. The molecule has 1 heterocycles. The number of anilines is 2. The zero-order valence-electron chi connectivity index (χ0n) is 12.2. The lowest BCUT2D eigenvalue weighted by Gasteiger charge is -2.34. The molecule has 20 heavy (non-hydrogen) atoms. The van der Waals surface area contributed by atoms with E-state index < -0.39 is 0 Å². The minimum Gasteiger partial charge on any atom is -0.495 e. The smallest absolute Gasteiger partial charge is 0.148 e. The molecule has 5 heteroatoms. The van der Waals surface area contributed by atoms with Crippen molar-refractivity contribution in [3.63, 3.8) is 0 Å². The first-order valence-corrected chi connectivity index (χ1v) is 7.15. The summed E-state index contributed by atoms with van der Waals surface area (Å²) in [5.41, 5.74) is 6.58. The molecule has 1 aromatic rings. The molecule has 0 amide bonds. The lowest BCUT2D eigenvalue weighted by Crippen LogP contribution is -2.40. The first-order valence-electron chi connectivity index (χ1n) is 7.15. The summed E-state index contributed by atoms with van der Waals surface area (Å²) in [5.74, 6) is 0.206. The second-order valence-electron chi connectivity index (χ2n) is 5.13. The number of hydrogen-bond acceptors (Lipinski definition) is 4. The normalized spacial score (nSPS) is 19.1. The van der Waals surface area contributed by atoms with Crippen LogP contribution in [0.15, 0.2) is 12.1 Å². The minimum atomic E-state index is -0.306. The van der Waals surface area contributed by atoms with E-state index in [1.807, 2.05) is 4.90 Å². The van der Waals surface area contributed by atoms with Crippen LogP contribution in [-0.2, 0) is 4.74 Å². The van der Waals surface area contributed by atoms with Crippen molar-refractivity contribution in [3.05, 3.63) is 17.9 Å². The Morgan fingerprint density at radius 3 is 2.95 bits per heavy atom. The van der Waals surface area contributed by atoms with Gasteiger partial charge >= 0.3 is 0 Å². The SMILES string of the molecule is CCCOC1CCCN(c2cc(OC)c(N)cc2F)C1. The van der Waals surface area contributed by atoms with Crippen molar-refractivity contribution in [3.8, 4) is 5.75 Å². The average molecular weight is 282 g/mol. The maximum absolute atomic E-state index is 14.1. The van der Waals surface area contributed by atoms with Crippen molar-refractivity contribution < 1.29 is 13.9 Å². The van der Waals surface area contributed by atoms with Crippen molar-refractivity contribution in [2.24, 2.45) is 0 Å². The molecule has 0 aromatic heterocycles. The van der Waals surface area contributed by atoms with Crippen LogP contribution in [0.3, 0.4) is 0 Å². The summed E-state index contributed by atoms with van der Waals surface area (Å²) in [6.07, 6.45) is 3.21. The predicted molar refractivity (Wildman–Crippen MR) is 78.8 cm³/mol. The third kappa shape index (κ3) is 3.33. The van der Waals surface area contributed by atoms with Gasteiger partial charge in [-0.15, -0.1) is 0 Å². The van der Waals surface area contributed by atoms with E-state index in [1.54, 1.807) is 6.07 Å². The van der Waals surface area contributed by atoms with Gasteiger partial charge in [0.15, 0.2) is 0 Å². The van der Waals surface area contributed by atoms with Gasteiger partial charge in [-0.1, -0.05) is 6.92 Å². The van der Waals surface area contributed by atoms with Crippen LogP contribution in [0, 0.1) is 5.82 Å². The molecule has 4 nitrogen and oxygen atoms in total. The Balaban J connectivity index is 2.14. The monoisotopic (exact) mass is 282 g/mol. The summed E-state index contributed by atoms with van der Waals surface area (Å²) in [6.45, 7) is 4.39. The number of ether oxygens (including phenoxy) is 2. The van der Waals surface area contributed by atoms with Gasteiger partial charge in [-0.3, -0.25) is 0 Å². The fraction of sp³-hybridized carbons (Fsp3) is 0.600. The van der Waals surface area contributed by atoms with E-state index in [2.05, 4.69) is 6.92 Å². The maximum Gasteiger partial charge on any atom is 0.148 e. The molecule has 2 rings (SSSR count). The highest BCUT2D eigenvalue weighted by atomic mass is 19.1. The number of nitrogen functional groups attached to an aromatic ring is 1. The predicted octanol–water partition coefficient (Wildman–Crippen LogP) is 2.81. The largest absolute Gasteiger partial charge is 0.495 e. The van der Waals surface area contributed by atoms with Crippen LogP contribution in [0.2, 0.25) is 0 Å². The highest BCUT2D eigenvalue weighted by Gasteiger charge is 2.23. The number of rotatable bonds is 5. The van der Waals surface area contributed by atoms with Crippen LogP contribution in [0.4, 0.5) is 15.8 Å². The molecule has 1 atom stereocenters. The first-order chi connectivity index (χ1) is 9.65. The summed E-state index contributed by atoms with van der Waals surface area (Å²) in [5, 5.41) is 0. The Kier molecular flexibility index (Phi) is 5.06. The molecular formula is C15H23FN2O2. The molecule has 1 aromatic carbocycles. The number of hydrogen-bond donors (Lipinski definition) is 1. The summed E-state index contributed by atoms with van der Waals surface area (Å²) >= 11 is 0. The summed E-state index contributed by atoms with van der Waals surface area (Å²) in [4.78, 5) is 2.01. The number of methoxy groups -OCH3 is 1. The van der Waals surface area contributed by atoms with Gasteiger partial charge in [-0.25, -0.2) is 4.39 Å². The Labute approximate surface area is 119 Å².